The lowest BCUT2D eigenvalue weighted by Gasteiger charge is -2.49. The molecule has 2 saturated heterocycles. The molecule has 1 spiro atoms. The molecule has 134 valence electrons. The number of ether oxygens (including phenoxy) is 1. The molecule has 0 radical (unpaired) electrons. The minimum Gasteiger partial charge on any atom is -0.388 e. The molecule has 2 aliphatic rings. The van der Waals surface area contributed by atoms with Crippen LogP contribution < -0.4 is 0 Å². The maximum atomic E-state index is 13.3. The molecule has 0 bridgehead atoms. The molecule has 0 aromatic heterocycles. The van der Waals surface area contributed by atoms with E-state index in [-0.39, 0.29) is 31.0 Å². The van der Waals surface area contributed by atoms with Gasteiger partial charge < -0.3 is 14.9 Å². The van der Waals surface area contributed by atoms with Crippen LogP contribution in [0, 0.1) is 5.82 Å². The second-order valence-corrected chi connectivity index (χ2v) is 8.84. The average Bonchev–Trinajstić information content (AvgIpc) is 2.51. The number of hydrogen-bond acceptors (Lipinski definition) is 5. The van der Waals surface area contributed by atoms with Crippen molar-refractivity contribution in [1.29, 1.82) is 0 Å². The first-order valence-corrected chi connectivity index (χ1v) is 9.39. The van der Waals surface area contributed by atoms with E-state index in [1.165, 1.54) is 22.5 Å². The first-order valence-electron chi connectivity index (χ1n) is 7.95. The molecule has 24 heavy (non-hydrogen) atoms. The van der Waals surface area contributed by atoms with Crippen LogP contribution in [0.1, 0.15) is 26.2 Å². The summed E-state index contributed by atoms with van der Waals surface area (Å²) in [7, 11) is -3.75. The van der Waals surface area contributed by atoms with Gasteiger partial charge in [0.1, 0.15) is 11.9 Å². The van der Waals surface area contributed by atoms with Crippen molar-refractivity contribution >= 4 is 10.0 Å². The quantitative estimate of drug-likeness (QED) is 0.819. The van der Waals surface area contributed by atoms with Gasteiger partial charge in [-0.05, 0) is 38.0 Å². The molecule has 2 atom stereocenters. The van der Waals surface area contributed by atoms with E-state index < -0.39 is 33.1 Å². The molecule has 6 nitrogen and oxygen atoms in total. The molecular weight excluding hydrogens is 337 g/mol. The van der Waals surface area contributed by atoms with Gasteiger partial charge in [-0.3, -0.25) is 0 Å². The molecule has 2 fully saturated rings. The smallest absolute Gasteiger partial charge is 0.243 e. The number of aliphatic hydroxyl groups is 2. The Morgan fingerprint density at radius 3 is 2.58 bits per heavy atom. The standard InChI is InChI=1S/C16H22FNO5S/c1-15(20)11-16(23-10-14(15)19)5-7-18(8-6-16)24(21,22)13-4-2-3-12(17)9-13/h2-4,9,14,19-20H,5-8,10-11H2,1H3/t14-,15-/m0/s1. The Hall–Kier alpha value is -1.06. The summed E-state index contributed by atoms with van der Waals surface area (Å²) < 4.78 is 45.6. The van der Waals surface area contributed by atoms with Crippen LogP contribution in [-0.4, -0.2) is 59.9 Å². The fourth-order valence-corrected chi connectivity index (χ4v) is 4.96. The number of sulfonamides is 1. The number of piperidine rings is 1. The van der Waals surface area contributed by atoms with Crippen LogP contribution >= 0.6 is 0 Å². The van der Waals surface area contributed by atoms with Crippen LogP contribution in [0.2, 0.25) is 0 Å². The molecule has 3 rings (SSSR count). The molecule has 1 aromatic carbocycles. The van der Waals surface area contributed by atoms with Gasteiger partial charge in [0.15, 0.2) is 0 Å². The van der Waals surface area contributed by atoms with Crippen LogP contribution in [0.3, 0.4) is 0 Å². The Balaban J connectivity index is 1.73. The molecule has 2 N–H and O–H groups in total. The lowest BCUT2D eigenvalue weighted by atomic mass is 9.77. The van der Waals surface area contributed by atoms with Crippen LogP contribution in [0.5, 0.6) is 0 Å². The highest BCUT2D eigenvalue weighted by molar-refractivity contribution is 7.89. The molecule has 0 unspecified atom stereocenters. The van der Waals surface area contributed by atoms with E-state index in [0.717, 1.165) is 6.07 Å². The minimum atomic E-state index is -3.75. The van der Waals surface area contributed by atoms with E-state index in [9.17, 15) is 23.0 Å². The second-order valence-electron chi connectivity index (χ2n) is 6.91. The minimum absolute atomic E-state index is 0.0314. The van der Waals surface area contributed by atoms with Gasteiger partial charge in [-0.1, -0.05) is 6.07 Å². The molecule has 8 heteroatoms. The van der Waals surface area contributed by atoms with Crippen molar-refractivity contribution < 1.29 is 27.8 Å². The maximum absolute atomic E-state index is 13.3. The first-order chi connectivity index (χ1) is 11.1. The lowest BCUT2D eigenvalue weighted by molar-refractivity contribution is -0.220. The van der Waals surface area contributed by atoms with Crippen molar-refractivity contribution in [3.8, 4) is 0 Å². The number of nitrogens with zero attached hydrogens (tertiary/aromatic N) is 1. The van der Waals surface area contributed by atoms with Crippen LogP contribution in [0.15, 0.2) is 29.2 Å². The van der Waals surface area contributed by atoms with Crippen molar-refractivity contribution in [2.75, 3.05) is 19.7 Å². The summed E-state index contributed by atoms with van der Waals surface area (Å²) in [6, 6.07) is 4.96. The van der Waals surface area contributed by atoms with Gasteiger partial charge in [0.05, 0.1) is 22.7 Å². The van der Waals surface area contributed by atoms with Crippen LogP contribution in [0.25, 0.3) is 0 Å². The van der Waals surface area contributed by atoms with E-state index in [1.807, 2.05) is 0 Å². The molecule has 0 amide bonds. The summed E-state index contributed by atoms with van der Waals surface area (Å²) >= 11 is 0. The summed E-state index contributed by atoms with van der Waals surface area (Å²) in [5.74, 6) is -0.592. The van der Waals surface area contributed by atoms with Crippen LogP contribution in [0.4, 0.5) is 4.39 Å². The maximum Gasteiger partial charge on any atom is 0.243 e. The van der Waals surface area contributed by atoms with Gasteiger partial charge in [-0.2, -0.15) is 4.31 Å². The molecule has 2 heterocycles. The molecule has 0 aliphatic carbocycles. The zero-order valence-corrected chi connectivity index (χ0v) is 14.3. The van der Waals surface area contributed by atoms with Gasteiger partial charge in [-0.25, -0.2) is 12.8 Å². The summed E-state index contributed by atoms with van der Waals surface area (Å²) in [6.45, 7) is 2.05. The number of aliphatic hydroxyl groups excluding tert-OH is 1. The summed E-state index contributed by atoms with van der Waals surface area (Å²) in [5, 5.41) is 20.1. The SMILES string of the molecule is C[C@]1(O)CC2(CCN(S(=O)(=O)c3cccc(F)c3)CC2)OC[C@@H]1O. The third-order valence-corrected chi connectivity index (χ3v) is 6.91. The fraction of sp³-hybridized carbons (Fsp3) is 0.625. The van der Waals surface area contributed by atoms with E-state index in [1.54, 1.807) is 6.92 Å². The molecular formula is C16H22FNO5S. The van der Waals surface area contributed by atoms with Crippen molar-refractivity contribution in [2.45, 2.75) is 48.4 Å². The van der Waals surface area contributed by atoms with Gasteiger partial charge in [0.25, 0.3) is 0 Å². The van der Waals surface area contributed by atoms with Gasteiger partial charge >= 0.3 is 0 Å². The van der Waals surface area contributed by atoms with E-state index in [4.69, 9.17) is 4.74 Å². The number of benzene rings is 1. The van der Waals surface area contributed by atoms with Gasteiger partial charge in [-0.15, -0.1) is 0 Å². The van der Waals surface area contributed by atoms with Crippen molar-refractivity contribution in [2.24, 2.45) is 0 Å². The Bertz CT molecular complexity index is 713. The largest absolute Gasteiger partial charge is 0.388 e. The van der Waals surface area contributed by atoms with Gasteiger partial charge in [0, 0.05) is 19.5 Å². The van der Waals surface area contributed by atoms with E-state index in [0.29, 0.717) is 12.8 Å². The number of hydrogen-bond donors (Lipinski definition) is 2. The number of halogens is 1. The zero-order chi connectivity index (χ0) is 17.6. The average molecular weight is 359 g/mol. The number of rotatable bonds is 2. The topological polar surface area (TPSA) is 87.1 Å². The second kappa shape index (κ2) is 6.03. The highest BCUT2D eigenvalue weighted by atomic mass is 32.2. The van der Waals surface area contributed by atoms with Crippen LogP contribution in [-0.2, 0) is 14.8 Å². The highest BCUT2D eigenvalue weighted by Crippen LogP contribution is 2.40. The Kier molecular flexibility index (Phi) is 4.46. The summed E-state index contributed by atoms with van der Waals surface area (Å²) in [4.78, 5) is -0.0644. The molecule has 2 aliphatic heterocycles. The zero-order valence-electron chi connectivity index (χ0n) is 13.5. The van der Waals surface area contributed by atoms with Gasteiger partial charge in [0.2, 0.25) is 10.0 Å². The molecule has 1 aromatic rings. The predicted octanol–water partition coefficient (Wildman–Crippen LogP) is 0.881. The third kappa shape index (κ3) is 3.21. The highest BCUT2D eigenvalue weighted by Gasteiger charge is 2.49. The van der Waals surface area contributed by atoms with Crippen molar-refractivity contribution in [3.05, 3.63) is 30.1 Å². The first kappa shape index (κ1) is 17.8. The Morgan fingerprint density at radius 1 is 1.33 bits per heavy atom. The molecule has 0 saturated carbocycles. The van der Waals surface area contributed by atoms with Crippen molar-refractivity contribution in [1.82, 2.24) is 4.31 Å². The Morgan fingerprint density at radius 2 is 2.00 bits per heavy atom. The lowest BCUT2D eigenvalue weighted by Crippen LogP contribution is -2.59. The third-order valence-electron chi connectivity index (χ3n) is 5.01. The summed E-state index contributed by atoms with van der Waals surface area (Å²) in [6.07, 6.45) is 0.154. The van der Waals surface area contributed by atoms with Crippen molar-refractivity contribution in [3.63, 3.8) is 0 Å². The predicted molar refractivity (Wildman–Crippen MR) is 84.3 cm³/mol. The monoisotopic (exact) mass is 359 g/mol. The fourth-order valence-electron chi connectivity index (χ4n) is 3.49. The van der Waals surface area contributed by atoms with E-state index in [2.05, 4.69) is 0 Å². The Labute approximate surface area is 140 Å². The normalized spacial score (nSPS) is 31.2. The van der Waals surface area contributed by atoms with E-state index >= 15 is 0 Å². The summed E-state index contributed by atoms with van der Waals surface area (Å²) in [5.41, 5.74) is -1.88.